The maximum absolute atomic E-state index is 9.32. The van der Waals surface area contributed by atoms with E-state index < -0.39 is 0 Å². The van der Waals surface area contributed by atoms with Crippen LogP contribution in [-0.2, 0) is 0 Å². The summed E-state index contributed by atoms with van der Waals surface area (Å²) in [5.41, 5.74) is 1.07. The molecule has 1 atom stereocenters. The van der Waals surface area contributed by atoms with E-state index in [-0.39, 0.29) is 5.75 Å². The summed E-state index contributed by atoms with van der Waals surface area (Å²) < 4.78 is 0. The van der Waals surface area contributed by atoms with Gasteiger partial charge in [0.2, 0.25) is 0 Å². The van der Waals surface area contributed by atoms with Gasteiger partial charge in [-0.2, -0.15) is 0 Å². The van der Waals surface area contributed by atoms with E-state index >= 15 is 0 Å². The fourth-order valence-corrected chi connectivity index (χ4v) is 1.61. The number of halogens is 2. The van der Waals surface area contributed by atoms with Crippen molar-refractivity contribution in [2.24, 2.45) is 0 Å². The van der Waals surface area contributed by atoms with E-state index in [1.807, 2.05) is 0 Å². The number of phenols is 1. The van der Waals surface area contributed by atoms with Crippen LogP contribution < -0.4 is 0 Å². The molecule has 1 aromatic carbocycles. The van der Waals surface area contributed by atoms with Crippen LogP contribution in [0.1, 0.15) is 31.7 Å². The van der Waals surface area contributed by atoms with Crippen molar-refractivity contribution < 1.29 is 5.11 Å². The lowest BCUT2D eigenvalue weighted by Crippen LogP contribution is -1.91. The lowest BCUT2D eigenvalue weighted by molar-refractivity contribution is 0.475. The second-order valence-corrected chi connectivity index (χ2v) is 3.96. The van der Waals surface area contributed by atoms with Crippen molar-refractivity contribution in [3.63, 3.8) is 0 Å². The van der Waals surface area contributed by atoms with Gasteiger partial charge in [0.1, 0.15) is 0 Å². The summed E-state index contributed by atoms with van der Waals surface area (Å²) in [5.74, 6) is 0.381. The van der Waals surface area contributed by atoms with E-state index in [0.717, 1.165) is 12.0 Å². The predicted molar refractivity (Wildman–Crippen MR) is 56.8 cm³/mol. The molecule has 1 N–H and O–H groups in total. The van der Waals surface area contributed by atoms with E-state index in [1.165, 1.54) is 0 Å². The number of rotatable bonds is 2. The van der Waals surface area contributed by atoms with Gasteiger partial charge < -0.3 is 5.11 Å². The van der Waals surface area contributed by atoms with Crippen LogP contribution in [0.3, 0.4) is 0 Å². The molecule has 0 radical (unpaired) electrons. The van der Waals surface area contributed by atoms with E-state index in [2.05, 4.69) is 13.8 Å². The van der Waals surface area contributed by atoms with E-state index in [4.69, 9.17) is 23.2 Å². The van der Waals surface area contributed by atoms with Crippen molar-refractivity contribution in [3.05, 3.63) is 27.7 Å². The van der Waals surface area contributed by atoms with Gasteiger partial charge in [-0.3, -0.25) is 0 Å². The minimum absolute atomic E-state index is 0.0320. The van der Waals surface area contributed by atoms with Crippen LogP contribution >= 0.6 is 23.2 Å². The van der Waals surface area contributed by atoms with Crippen molar-refractivity contribution >= 4 is 23.2 Å². The summed E-state index contributed by atoms with van der Waals surface area (Å²) in [6.45, 7) is 4.19. The van der Waals surface area contributed by atoms with E-state index in [9.17, 15) is 5.11 Å². The fourth-order valence-electron chi connectivity index (χ4n) is 1.11. The fraction of sp³-hybridized carbons (Fsp3) is 0.400. The number of hydrogen-bond acceptors (Lipinski definition) is 1. The molecule has 0 bridgehead atoms. The Bertz CT molecular complexity index is 287. The molecule has 0 saturated heterocycles. The molecule has 1 aromatic rings. The first-order valence-electron chi connectivity index (χ1n) is 4.24. The van der Waals surface area contributed by atoms with Crippen LogP contribution in [0.2, 0.25) is 10.0 Å². The van der Waals surface area contributed by atoms with Gasteiger partial charge in [-0.1, -0.05) is 37.0 Å². The van der Waals surface area contributed by atoms with Gasteiger partial charge in [0, 0.05) is 0 Å². The quantitative estimate of drug-likeness (QED) is 0.789. The first kappa shape index (κ1) is 10.7. The Morgan fingerprint density at radius 1 is 1.31 bits per heavy atom. The summed E-state index contributed by atoms with van der Waals surface area (Å²) >= 11 is 11.6. The maximum atomic E-state index is 9.32. The summed E-state index contributed by atoms with van der Waals surface area (Å²) in [6.07, 6.45) is 1.03. The Kier molecular flexibility index (Phi) is 3.46. The summed E-state index contributed by atoms with van der Waals surface area (Å²) in [7, 11) is 0. The molecule has 0 aliphatic carbocycles. The first-order valence-corrected chi connectivity index (χ1v) is 4.99. The van der Waals surface area contributed by atoms with Crippen LogP contribution in [0.25, 0.3) is 0 Å². The molecule has 0 aliphatic rings. The van der Waals surface area contributed by atoms with E-state index in [0.29, 0.717) is 16.0 Å². The van der Waals surface area contributed by atoms with E-state index in [1.54, 1.807) is 12.1 Å². The molecule has 0 aromatic heterocycles. The van der Waals surface area contributed by atoms with Crippen LogP contribution in [0.4, 0.5) is 0 Å². The molecular weight excluding hydrogens is 207 g/mol. The van der Waals surface area contributed by atoms with Crippen LogP contribution in [-0.4, -0.2) is 5.11 Å². The molecule has 0 spiro atoms. The van der Waals surface area contributed by atoms with Crippen molar-refractivity contribution in [2.75, 3.05) is 0 Å². The number of aromatic hydroxyl groups is 1. The molecule has 0 saturated carbocycles. The Balaban J connectivity index is 3.13. The van der Waals surface area contributed by atoms with Crippen molar-refractivity contribution in [1.82, 2.24) is 0 Å². The third-order valence-electron chi connectivity index (χ3n) is 2.22. The number of phenolic OH excluding ortho intramolecular Hbond substituents is 1. The summed E-state index contributed by atoms with van der Waals surface area (Å²) in [6, 6.07) is 3.52. The second-order valence-electron chi connectivity index (χ2n) is 3.14. The molecule has 1 rings (SSSR count). The monoisotopic (exact) mass is 218 g/mol. The number of hydrogen-bond donors (Lipinski definition) is 1. The van der Waals surface area contributed by atoms with Crippen LogP contribution in [0.5, 0.6) is 5.75 Å². The highest BCUT2D eigenvalue weighted by Crippen LogP contribution is 2.35. The number of benzene rings is 1. The zero-order valence-corrected chi connectivity index (χ0v) is 9.15. The third-order valence-corrected chi connectivity index (χ3v) is 2.80. The molecule has 0 heterocycles. The molecule has 0 aliphatic heterocycles. The van der Waals surface area contributed by atoms with Gasteiger partial charge in [-0.15, -0.1) is 0 Å². The van der Waals surface area contributed by atoms with Gasteiger partial charge in [0.25, 0.3) is 0 Å². The molecule has 13 heavy (non-hydrogen) atoms. The minimum Gasteiger partial charge on any atom is -0.505 e. The summed E-state index contributed by atoms with van der Waals surface area (Å²) in [5, 5.41) is 9.97. The average Bonchev–Trinajstić information content (AvgIpc) is 2.12. The van der Waals surface area contributed by atoms with Crippen molar-refractivity contribution in [2.45, 2.75) is 26.2 Å². The van der Waals surface area contributed by atoms with Gasteiger partial charge in [0.05, 0.1) is 10.0 Å². The molecular formula is C10H12Cl2O. The zero-order chi connectivity index (χ0) is 10.0. The average molecular weight is 219 g/mol. The van der Waals surface area contributed by atoms with Gasteiger partial charge >= 0.3 is 0 Å². The topological polar surface area (TPSA) is 20.2 Å². The normalized spacial score (nSPS) is 12.9. The van der Waals surface area contributed by atoms with Crippen LogP contribution in [0.15, 0.2) is 12.1 Å². The lowest BCUT2D eigenvalue weighted by atomic mass is 9.99. The van der Waals surface area contributed by atoms with Crippen molar-refractivity contribution in [1.29, 1.82) is 0 Å². The lowest BCUT2D eigenvalue weighted by Gasteiger charge is -2.10. The highest BCUT2D eigenvalue weighted by Gasteiger charge is 2.09. The summed E-state index contributed by atoms with van der Waals surface area (Å²) in [4.78, 5) is 0. The highest BCUT2D eigenvalue weighted by atomic mass is 35.5. The second kappa shape index (κ2) is 4.21. The van der Waals surface area contributed by atoms with Gasteiger partial charge in [0.15, 0.2) is 5.75 Å². The van der Waals surface area contributed by atoms with Gasteiger partial charge in [-0.25, -0.2) is 0 Å². The Hall–Kier alpha value is -0.400. The largest absolute Gasteiger partial charge is 0.505 e. The first-order chi connectivity index (χ1) is 6.06. The Morgan fingerprint density at radius 3 is 2.15 bits per heavy atom. The Labute approximate surface area is 88.3 Å². The standard InChI is InChI=1S/C10H12Cl2O/c1-3-6(2)7-4-8(11)10(13)9(12)5-7/h4-6,13H,3H2,1-2H3. The molecule has 0 amide bonds. The SMILES string of the molecule is CCC(C)c1cc(Cl)c(O)c(Cl)c1. The smallest absolute Gasteiger partial charge is 0.152 e. The Morgan fingerprint density at radius 2 is 1.77 bits per heavy atom. The highest BCUT2D eigenvalue weighted by molar-refractivity contribution is 6.37. The van der Waals surface area contributed by atoms with Gasteiger partial charge in [-0.05, 0) is 30.0 Å². The van der Waals surface area contributed by atoms with Crippen LogP contribution in [0, 0.1) is 0 Å². The third kappa shape index (κ3) is 2.29. The molecule has 3 heteroatoms. The molecule has 1 unspecified atom stereocenters. The van der Waals surface area contributed by atoms with Crippen molar-refractivity contribution in [3.8, 4) is 5.75 Å². The molecule has 0 fully saturated rings. The minimum atomic E-state index is -0.0320. The maximum Gasteiger partial charge on any atom is 0.152 e. The molecule has 1 nitrogen and oxygen atoms in total. The zero-order valence-electron chi connectivity index (χ0n) is 7.64. The molecule has 72 valence electrons. The predicted octanol–water partition coefficient (Wildman–Crippen LogP) is 4.21.